The van der Waals surface area contributed by atoms with E-state index in [1.807, 2.05) is 24.4 Å². The lowest BCUT2D eigenvalue weighted by atomic mass is 10.0. The molecule has 5 nitrogen and oxygen atoms in total. The standard InChI is InChI=1S/C20H18N4O/c1-2-17(25)24-15-9-8-14(10-15)19-18-16(13-6-4-3-5-7-13)11-21-20(18)23-12-22-19/h2-8,11-12,15H,1,9-10H2,(H,24,25)(H,21,22,23). The first-order valence-corrected chi connectivity index (χ1v) is 8.26. The van der Waals surface area contributed by atoms with Crippen molar-refractivity contribution in [2.24, 2.45) is 0 Å². The lowest BCUT2D eigenvalue weighted by Gasteiger charge is -2.12. The van der Waals surface area contributed by atoms with Crippen molar-refractivity contribution in [2.45, 2.75) is 18.9 Å². The van der Waals surface area contributed by atoms with E-state index in [2.05, 4.69) is 45.1 Å². The molecular weight excluding hydrogens is 312 g/mol. The van der Waals surface area contributed by atoms with Crippen LogP contribution in [-0.4, -0.2) is 26.9 Å². The van der Waals surface area contributed by atoms with Gasteiger partial charge in [-0.3, -0.25) is 4.79 Å². The maximum Gasteiger partial charge on any atom is 0.243 e. The Morgan fingerprint density at radius 2 is 2.12 bits per heavy atom. The van der Waals surface area contributed by atoms with Gasteiger partial charge in [0.05, 0.1) is 11.1 Å². The summed E-state index contributed by atoms with van der Waals surface area (Å²) in [5, 5.41) is 3.98. The highest BCUT2D eigenvalue weighted by Crippen LogP contribution is 2.36. The summed E-state index contributed by atoms with van der Waals surface area (Å²) in [6, 6.07) is 10.3. The second kappa shape index (κ2) is 6.36. The third-order valence-electron chi connectivity index (χ3n) is 4.51. The average molecular weight is 330 g/mol. The summed E-state index contributed by atoms with van der Waals surface area (Å²) >= 11 is 0. The van der Waals surface area contributed by atoms with Gasteiger partial charge in [-0.2, -0.15) is 0 Å². The third-order valence-corrected chi connectivity index (χ3v) is 4.51. The van der Waals surface area contributed by atoms with E-state index in [-0.39, 0.29) is 11.9 Å². The molecule has 2 N–H and O–H groups in total. The van der Waals surface area contributed by atoms with Crippen molar-refractivity contribution >= 4 is 22.5 Å². The predicted octanol–water partition coefficient (Wildman–Crippen LogP) is 3.47. The Labute approximate surface area is 145 Å². The Morgan fingerprint density at radius 1 is 1.28 bits per heavy atom. The number of amides is 1. The first kappa shape index (κ1) is 15.3. The predicted molar refractivity (Wildman–Crippen MR) is 98.7 cm³/mol. The van der Waals surface area contributed by atoms with E-state index in [9.17, 15) is 4.79 Å². The fourth-order valence-electron chi connectivity index (χ4n) is 3.33. The number of aromatic nitrogens is 3. The monoisotopic (exact) mass is 330 g/mol. The normalized spacial score (nSPS) is 16.6. The summed E-state index contributed by atoms with van der Waals surface area (Å²) in [6.45, 7) is 3.51. The summed E-state index contributed by atoms with van der Waals surface area (Å²) in [6.07, 6.45) is 8.57. The van der Waals surface area contributed by atoms with Crippen LogP contribution in [-0.2, 0) is 4.79 Å². The molecule has 0 spiro atoms. The molecule has 0 saturated heterocycles. The van der Waals surface area contributed by atoms with Crippen LogP contribution in [0.5, 0.6) is 0 Å². The van der Waals surface area contributed by atoms with Crippen molar-refractivity contribution in [1.29, 1.82) is 0 Å². The number of nitrogens with zero attached hydrogens (tertiary/aromatic N) is 2. The number of carbonyl (C=O) groups is 1. The van der Waals surface area contributed by atoms with Gasteiger partial charge in [0.25, 0.3) is 0 Å². The van der Waals surface area contributed by atoms with E-state index < -0.39 is 0 Å². The smallest absolute Gasteiger partial charge is 0.243 e. The minimum atomic E-state index is -0.140. The quantitative estimate of drug-likeness (QED) is 0.720. The summed E-state index contributed by atoms with van der Waals surface area (Å²) in [5.41, 5.74) is 5.10. The van der Waals surface area contributed by atoms with E-state index in [1.165, 1.54) is 6.08 Å². The fourth-order valence-corrected chi connectivity index (χ4v) is 3.33. The van der Waals surface area contributed by atoms with Crippen molar-refractivity contribution in [3.05, 3.63) is 67.3 Å². The van der Waals surface area contributed by atoms with Crippen LogP contribution in [0.25, 0.3) is 27.7 Å². The number of benzene rings is 1. The van der Waals surface area contributed by atoms with Gasteiger partial charge < -0.3 is 10.3 Å². The molecule has 124 valence electrons. The topological polar surface area (TPSA) is 70.7 Å². The van der Waals surface area contributed by atoms with Crippen molar-refractivity contribution in [3.8, 4) is 11.1 Å². The van der Waals surface area contributed by atoms with Crippen LogP contribution in [0.2, 0.25) is 0 Å². The third kappa shape index (κ3) is 2.85. The number of H-pyrrole nitrogens is 1. The van der Waals surface area contributed by atoms with E-state index in [0.717, 1.165) is 46.3 Å². The Kier molecular flexibility index (Phi) is 3.90. The van der Waals surface area contributed by atoms with Gasteiger partial charge in [0.1, 0.15) is 12.0 Å². The number of rotatable bonds is 4. The molecule has 0 bridgehead atoms. The van der Waals surface area contributed by atoms with E-state index in [4.69, 9.17) is 0 Å². The van der Waals surface area contributed by atoms with Crippen LogP contribution in [0.3, 0.4) is 0 Å². The zero-order chi connectivity index (χ0) is 17.2. The SMILES string of the molecule is C=CC(=O)NC1CC=C(c2ncnc3[nH]cc(-c4ccccc4)c23)C1. The van der Waals surface area contributed by atoms with E-state index in [1.54, 1.807) is 6.33 Å². The Bertz CT molecular complexity index is 972. The van der Waals surface area contributed by atoms with E-state index >= 15 is 0 Å². The van der Waals surface area contributed by atoms with Crippen LogP contribution in [0.4, 0.5) is 0 Å². The molecule has 2 heterocycles. The first-order valence-electron chi connectivity index (χ1n) is 8.26. The maximum absolute atomic E-state index is 11.5. The molecule has 1 atom stereocenters. The van der Waals surface area contributed by atoms with Crippen LogP contribution >= 0.6 is 0 Å². The number of hydrogen-bond acceptors (Lipinski definition) is 3. The molecule has 1 aliphatic carbocycles. The number of carbonyl (C=O) groups excluding carboxylic acids is 1. The molecule has 4 rings (SSSR count). The van der Waals surface area contributed by atoms with E-state index in [0.29, 0.717) is 0 Å². The molecule has 25 heavy (non-hydrogen) atoms. The Hall–Kier alpha value is -3.21. The number of aromatic amines is 1. The number of hydrogen-bond donors (Lipinski definition) is 2. The minimum absolute atomic E-state index is 0.0876. The van der Waals surface area contributed by atoms with Gasteiger partial charge in [-0.15, -0.1) is 0 Å². The molecule has 0 aliphatic heterocycles. The second-order valence-electron chi connectivity index (χ2n) is 6.09. The van der Waals surface area contributed by atoms with Gasteiger partial charge in [-0.25, -0.2) is 9.97 Å². The maximum atomic E-state index is 11.5. The summed E-state index contributed by atoms with van der Waals surface area (Å²) in [7, 11) is 0. The average Bonchev–Trinajstić information content (AvgIpc) is 3.29. The molecule has 1 unspecified atom stereocenters. The largest absolute Gasteiger partial charge is 0.349 e. The van der Waals surface area contributed by atoms with Crippen LogP contribution in [0, 0.1) is 0 Å². The van der Waals surface area contributed by atoms with Crippen molar-refractivity contribution in [1.82, 2.24) is 20.3 Å². The molecular formula is C20H18N4O. The lowest BCUT2D eigenvalue weighted by Crippen LogP contribution is -2.31. The van der Waals surface area contributed by atoms with Gasteiger partial charge in [0.2, 0.25) is 5.91 Å². The molecule has 0 radical (unpaired) electrons. The highest BCUT2D eigenvalue weighted by molar-refractivity contribution is 6.00. The molecule has 0 fully saturated rings. The summed E-state index contributed by atoms with van der Waals surface area (Å²) < 4.78 is 0. The number of nitrogens with one attached hydrogen (secondary N) is 2. The number of fused-ring (bicyclic) bond motifs is 1. The van der Waals surface area contributed by atoms with Gasteiger partial charge in [-0.05, 0) is 30.1 Å². The lowest BCUT2D eigenvalue weighted by molar-refractivity contribution is -0.117. The first-order chi connectivity index (χ1) is 12.3. The van der Waals surface area contributed by atoms with Gasteiger partial charge in [0.15, 0.2) is 0 Å². The zero-order valence-corrected chi connectivity index (χ0v) is 13.7. The van der Waals surface area contributed by atoms with Crippen LogP contribution < -0.4 is 5.32 Å². The Morgan fingerprint density at radius 3 is 2.92 bits per heavy atom. The van der Waals surface area contributed by atoms with Crippen LogP contribution in [0.1, 0.15) is 18.5 Å². The molecule has 5 heteroatoms. The van der Waals surface area contributed by atoms with Crippen molar-refractivity contribution in [2.75, 3.05) is 0 Å². The highest BCUT2D eigenvalue weighted by atomic mass is 16.1. The fraction of sp³-hybridized carbons (Fsp3) is 0.150. The summed E-state index contributed by atoms with van der Waals surface area (Å²) in [4.78, 5) is 23.7. The molecule has 1 aromatic carbocycles. The summed E-state index contributed by atoms with van der Waals surface area (Å²) in [5.74, 6) is -0.140. The van der Waals surface area contributed by atoms with Crippen LogP contribution in [0.15, 0.2) is 61.6 Å². The van der Waals surface area contributed by atoms with Gasteiger partial charge in [-0.1, -0.05) is 43.0 Å². The van der Waals surface area contributed by atoms with Crippen molar-refractivity contribution < 1.29 is 4.79 Å². The van der Waals surface area contributed by atoms with Gasteiger partial charge in [0, 0.05) is 17.8 Å². The Balaban J connectivity index is 1.73. The molecule has 1 amide bonds. The minimum Gasteiger partial charge on any atom is -0.349 e. The van der Waals surface area contributed by atoms with Crippen molar-refractivity contribution in [3.63, 3.8) is 0 Å². The second-order valence-corrected chi connectivity index (χ2v) is 6.09. The molecule has 3 aromatic rings. The zero-order valence-electron chi connectivity index (χ0n) is 13.7. The van der Waals surface area contributed by atoms with Gasteiger partial charge >= 0.3 is 0 Å². The molecule has 0 saturated carbocycles. The molecule has 2 aromatic heterocycles. The molecule has 1 aliphatic rings. The highest BCUT2D eigenvalue weighted by Gasteiger charge is 2.23.